The molecule has 1 aromatic carbocycles. The Kier molecular flexibility index (Phi) is 5.24. The van der Waals surface area contributed by atoms with Crippen LogP contribution in [0.2, 0.25) is 0 Å². The van der Waals surface area contributed by atoms with E-state index in [1.54, 1.807) is 26.7 Å². The van der Waals surface area contributed by atoms with Crippen molar-refractivity contribution in [1.29, 1.82) is 0 Å². The van der Waals surface area contributed by atoms with Gasteiger partial charge in [0, 0.05) is 36.3 Å². The van der Waals surface area contributed by atoms with Crippen molar-refractivity contribution >= 4 is 11.3 Å². The van der Waals surface area contributed by atoms with Crippen LogP contribution in [0.3, 0.4) is 0 Å². The summed E-state index contributed by atoms with van der Waals surface area (Å²) in [6.45, 7) is 1.12. The highest BCUT2D eigenvalue weighted by molar-refractivity contribution is 7.07. The van der Waals surface area contributed by atoms with E-state index in [1.165, 1.54) is 0 Å². The Hall–Kier alpha value is -1.99. The van der Waals surface area contributed by atoms with Crippen LogP contribution >= 0.6 is 11.3 Å². The summed E-state index contributed by atoms with van der Waals surface area (Å²) in [4.78, 5) is 13.8. The second-order valence-electron chi connectivity index (χ2n) is 4.29. The standard InChI is InChI=1S/C14H18N2O4S/c1-18-10-4-12(19-2)11(13(5-10)20-3)7-15-6-9-8-21-14(17)16-9/h4-5,8,15H,6-7H2,1-3H3,(H,16,17). The average Bonchev–Trinajstić information content (AvgIpc) is 2.92. The lowest BCUT2D eigenvalue weighted by Crippen LogP contribution is -2.15. The summed E-state index contributed by atoms with van der Waals surface area (Å²) in [5.41, 5.74) is 1.76. The molecule has 21 heavy (non-hydrogen) atoms. The maximum Gasteiger partial charge on any atom is 0.304 e. The summed E-state index contributed by atoms with van der Waals surface area (Å²) >= 11 is 1.15. The van der Waals surface area contributed by atoms with E-state index >= 15 is 0 Å². The van der Waals surface area contributed by atoms with Crippen molar-refractivity contribution in [3.8, 4) is 17.2 Å². The van der Waals surface area contributed by atoms with Crippen LogP contribution in [0.25, 0.3) is 0 Å². The molecule has 0 aliphatic rings. The van der Waals surface area contributed by atoms with Gasteiger partial charge in [-0.05, 0) is 0 Å². The lowest BCUT2D eigenvalue weighted by Gasteiger charge is -2.15. The molecule has 0 aliphatic carbocycles. The van der Waals surface area contributed by atoms with E-state index in [0.29, 0.717) is 30.3 Å². The number of aromatic amines is 1. The van der Waals surface area contributed by atoms with Crippen LogP contribution in [-0.2, 0) is 13.1 Å². The van der Waals surface area contributed by atoms with E-state index in [0.717, 1.165) is 22.6 Å². The molecule has 0 atom stereocenters. The van der Waals surface area contributed by atoms with Gasteiger partial charge in [-0.3, -0.25) is 4.79 Å². The second-order valence-corrected chi connectivity index (χ2v) is 5.13. The van der Waals surface area contributed by atoms with E-state index < -0.39 is 0 Å². The molecule has 2 aromatic rings. The molecule has 0 unspecified atom stereocenters. The number of nitrogens with one attached hydrogen (secondary N) is 2. The molecule has 1 heterocycles. The van der Waals surface area contributed by atoms with Gasteiger partial charge in [0.1, 0.15) is 17.2 Å². The van der Waals surface area contributed by atoms with Crippen molar-refractivity contribution in [2.24, 2.45) is 0 Å². The zero-order valence-corrected chi connectivity index (χ0v) is 13.0. The first-order valence-corrected chi connectivity index (χ1v) is 7.22. The first kappa shape index (κ1) is 15.4. The number of H-pyrrole nitrogens is 1. The number of hydrogen-bond acceptors (Lipinski definition) is 6. The average molecular weight is 310 g/mol. The van der Waals surface area contributed by atoms with Crippen LogP contribution in [0.15, 0.2) is 22.3 Å². The third kappa shape index (κ3) is 3.77. The Morgan fingerprint density at radius 1 is 1.10 bits per heavy atom. The van der Waals surface area contributed by atoms with Crippen molar-refractivity contribution in [2.75, 3.05) is 21.3 Å². The Morgan fingerprint density at radius 2 is 1.76 bits per heavy atom. The predicted molar refractivity (Wildman–Crippen MR) is 81.6 cm³/mol. The topological polar surface area (TPSA) is 72.6 Å². The molecule has 0 radical (unpaired) electrons. The zero-order chi connectivity index (χ0) is 15.2. The van der Waals surface area contributed by atoms with E-state index in [9.17, 15) is 4.79 Å². The molecule has 114 valence electrons. The molecule has 0 spiro atoms. The number of benzene rings is 1. The molecular formula is C14H18N2O4S. The van der Waals surface area contributed by atoms with Gasteiger partial charge >= 0.3 is 4.87 Å². The molecule has 0 aliphatic heterocycles. The maximum absolute atomic E-state index is 11.1. The van der Waals surface area contributed by atoms with E-state index in [1.807, 2.05) is 12.1 Å². The molecule has 0 bridgehead atoms. The Labute approximate surface area is 126 Å². The lowest BCUT2D eigenvalue weighted by atomic mass is 10.1. The lowest BCUT2D eigenvalue weighted by molar-refractivity contribution is 0.366. The molecule has 1 aromatic heterocycles. The molecule has 0 saturated carbocycles. The summed E-state index contributed by atoms with van der Waals surface area (Å²) in [6.07, 6.45) is 0. The minimum absolute atomic E-state index is 0.0496. The highest BCUT2D eigenvalue weighted by Gasteiger charge is 2.13. The normalized spacial score (nSPS) is 10.4. The number of methoxy groups -OCH3 is 3. The largest absolute Gasteiger partial charge is 0.496 e. The molecule has 6 nitrogen and oxygen atoms in total. The predicted octanol–water partition coefficient (Wildman–Crippen LogP) is 1.75. The van der Waals surface area contributed by atoms with Crippen LogP contribution in [0.4, 0.5) is 0 Å². The first-order valence-electron chi connectivity index (χ1n) is 6.34. The van der Waals surface area contributed by atoms with Crippen molar-refractivity contribution in [3.05, 3.63) is 38.4 Å². The van der Waals surface area contributed by atoms with Crippen LogP contribution in [0.1, 0.15) is 11.3 Å². The van der Waals surface area contributed by atoms with Crippen LogP contribution in [0, 0.1) is 0 Å². The zero-order valence-electron chi connectivity index (χ0n) is 12.2. The Balaban J connectivity index is 2.12. The molecule has 7 heteroatoms. The molecule has 0 fully saturated rings. The highest BCUT2D eigenvalue weighted by atomic mass is 32.1. The van der Waals surface area contributed by atoms with Crippen molar-refractivity contribution in [2.45, 2.75) is 13.1 Å². The highest BCUT2D eigenvalue weighted by Crippen LogP contribution is 2.33. The third-order valence-electron chi connectivity index (χ3n) is 3.01. The fourth-order valence-corrected chi connectivity index (χ4v) is 2.56. The van der Waals surface area contributed by atoms with E-state index in [-0.39, 0.29) is 4.87 Å². The SMILES string of the molecule is COc1cc(OC)c(CNCc2csc(=O)[nH]2)c(OC)c1. The minimum Gasteiger partial charge on any atom is -0.496 e. The van der Waals surface area contributed by atoms with Crippen LogP contribution in [-0.4, -0.2) is 26.3 Å². The van der Waals surface area contributed by atoms with Crippen molar-refractivity contribution < 1.29 is 14.2 Å². The minimum atomic E-state index is -0.0496. The monoisotopic (exact) mass is 310 g/mol. The smallest absolute Gasteiger partial charge is 0.304 e. The third-order valence-corrected chi connectivity index (χ3v) is 3.72. The first-order chi connectivity index (χ1) is 10.2. The number of ether oxygens (including phenoxy) is 3. The second kappa shape index (κ2) is 7.14. The van der Waals surface area contributed by atoms with Crippen molar-refractivity contribution in [3.63, 3.8) is 0 Å². The fourth-order valence-electron chi connectivity index (χ4n) is 1.97. The summed E-state index contributed by atoms with van der Waals surface area (Å²) in [5, 5.41) is 5.06. The van der Waals surface area contributed by atoms with Gasteiger partial charge in [-0.15, -0.1) is 0 Å². The molecule has 2 rings (SSSR count). The van der Waals surface area contributed by atoms with Gasteiger partial charge in [-0.25, -0.2) is 0 Å². The summed E-state index contributed by atoms with van der Waals surface area (Å²) in [5.74, 6) is 2.06. The summed E-state index contributed by atoms with van der Waals surface area (Å²) in [6, 6.07) is 3.62. The molecule has 0 amide bonds. The van der Waals surface area contributed by atoms with Gasteiger partial charge in [0.05, 0.1) is 26.9 Å². The Morgan fingerprint density at radius 3 is 2.24 bits per heavy atom. The van der Waals surface area contributed by atoms with Gasteiger partial charge in [0.15, 0.2) is 0 Å². The Bertz CT molecular complexity index is 625. The van der Waals surface area contributed by atoms with Gasteiger partial charge in [-0.1, -0.05) is 11.3 Å². The van der Waals surface area contributed by atoms with Gasteiger partial charge < -0.3 is 24.5 Å². The fraction of sp³-hybridized carbons (Fsp3) is 0.357. The quantitative estimate of drug-likeness (QED) is 0.815. The van der Waals surface area contributed by atoms with E-state index in [4.69, 9.17) is 14.2 Å². The van der Waals surface area contributed by atoms with Crippen LogP contribution in [0.5, 0.6) is 17.2 Å². The number of aromatic nitrogens is 1. The number of thiazole rings is 1. The number of rotatable bonds is 7. The number of hydrogen-bond donors (Lipinski definition) is 2. The summed E-state index contributed by atoms with van der Waals surface area (Å²) in [7, 11) is 4.81. The van der Waals surface area contributed by atoms with Crippen LogP contribution < -0.4 is 24.4 Å². The molecule has 2 N–H and O–H groups in total. The van der Waals surface area contributed by atoms with Crippen molar-refractivity contribution in [1.82, 2.24) is 10.3 Å². The van der Waals surface area contributed by atoms with Gasteiger partial charge in [0.25, 0.3) is 0 Å². The molecular weight excluding hydrogens is 292 g/mol. The van der Waals surface area contributed by atoms with Gasteiger partial charge in [-0.2, -0.15) is 0 Å². The molecule has 0 saturated heterocycles. The maximum atomic E-state index is 11.1. The summed E-state index contributed by atoms with van der Waals surface area (Å²) < 4.78 is 16.0. The van der Waals surface area contributed by atoms with Gasteiger partial charge in [0.2, 0.25) is 0 Å². The van der Waals surface area contributed by atoms with E-state index in [2.05, 4.69) is 10.3 Å².